The molecule has 1 fully saturated rings. The molecule has 2 atom stereocenters. The average molecular weight is 474 g/mol. The van der Waals surface area contributed by atoms with Gasteiger partial charge in [-0.3, -0.25) is 4.79 Å². The van der Waals surface area contributed by atoms with Crippen LogP contribution in [0.3, 0.4) is 0 Å². The van der Waals surface area contributed by atoms with Gasteiger partial charge in [-0.05, 0) is 68.8 Å². The number of nitrogens with zero attached hydrogens (tertiary/aromatic N) is 2. The van der Waals surface area contributed by atoms with E-state index in [0.717, 1.165) is 69.7 Å². The smallest absolute Gasteiger partial charge is 0.304 e. The lowest BCUT2D eigenvalue weighted by Gasteiger charge is -2.33. The Hall–Kier alpha value is -2.15. The molecule has 2 N–H and O–H groups in total. The second-order valence-electron chi connectivity index (χ2n) is 9.05. The van der Waals surface area contributed by atoms with Crippen molar-refractivity contribution in [1.29, 1.82) is 0 Å². The van der Waals surface area contributed by atoms with E-state index in [9.17, 15) is 9.90 Å². The number of carbonyl (C=O) groups is 1. The van der Waals surface area contributed by atoms with Crippen LogP contribution in [-0.2, 0) is 22.4 Å². The Morgan fingerprint density at radius 1 is 1.21 bits per heavy atom. The van der Waals surface area contributed by atoms with Crippen LogP contribution in [0.2, 0.25) is 0 Å². The van der Waals surface area contributed by atoms with Crippen LogP contribution in [0.5, 0.6) is 0 Å². The molecule has 2 aliphatic heterocycles. The summed E-state index contributed by atoms with van der Waals surface area (Å²) in [7, 11) is 0. The van der Waals surface area contributed by atoms with Crippen LogP contribution in [0.15, 0.2) is 42.5 Å². The van der Waals surface area contributed by atoms with E-state index in [4.69, 9.17) is 9.72 Å². The molecule has 33 heavy (non-hydrogen) atoms. The molecule has 2 aliphatic rings. The highest BCUT2D eigenvalue weighted by molar-refractivity contribution is 5.85. The van der Waals surface area contributed by atoms with Gasteiger partial charge >= 0.3 is 5.97 Å². The van der Waals surface area contributed by atoms with Crippen LogP contribution in [0.4, 0.5) is 5.82 Å². The Balaban J connectivity index is 0.00000306. The fourth-order valence-electron chi connectivity index (χ4n) is 4.81. The predicted molar refractivity (Wildman–Crippen MR) is 133 cm³/mol. The maximum absolute atomic E-state index is 11.3. The van der Waals surface area contributed by atoms with Crippen molar-refractivity contribution in [3.05, 3.63) is 59.3 Å². The standard InChI is InChI=1S/C26H35N3O3.ClH/c30-25(31)17-22(20-7-2-1-3-8-20)19-32-24-11-6-16-29(18-24)15-5-10-23-13-12-21-9-4-14-27-26(21)28-23;/h1-3,7-8,12-13,22,24H,4-6,9-11,14-19H2,(H,27,28)(H,30,31);1H/t22?,24-;/m1./s1. The fraction of sp³-hybridized carbons (Fsp3) is 0.538. The molecular weight excluding hydrogens is 438 g/mol. The molecular formula is C26H36ClN3O3. The van der Waals surface area contributed by atoms with Gasteiger partial charge in [0.25, 0.3) is 0 Å². The molecule has 4 rings (SSSR count). The van der Waals surface area contributed by atoms with Gasteiger partial charge in [-0.1, -0.05) is 36.4 Å². The number of benzene rings is 1. The molecule has 0 radical (unpaired) electrons. The second-order valence-corrected chi connectivity index (χ2v) is 9.05. The first-order chi connectivity index (χ1) is 15.7. The van der Waals surface area contributed by atoms with Gasteiger partial charge in [-0.25, -0.2) is 4.98 Å². The highest BCUT2D eigenvalue weighted by atomic mass is 35.5. The van der Waals surface area contributed by atoms with E-state index >= 15 is 0 Å². The van der Waals surface area contributed by atoms with E-state index in [1.54, 1.807) is 0 Å². The van der Waals surface area contributed by atoms with Crippen LogP contribution in [0.1, 0.15) is 54.8 Å². The number of anilines is 1. The summed E-state index contributed by atoms with van der Waals surface area (Å²) in [6.07, 6.45) is 6.84. The van der Waals surface area contributed by atoms with Crippen molar-refractivity contribution in [2.45, 2.75) is 57.0 Å². The lowest BCUT2D eigenvalue weighted by molar-refractivity contribution is -0.138. The molecule has 3 heterocycles. The van der Waals surface area contributed by atoms with Crippen LogP contribution in [-0.4, -0.2) is 59.8 Å². The molecule has 1 aromatic carbocycles. The number of fused-ring (bicyclic) bond motifs is 1. The van der Waals surface area contributed by atoms with Crippen LogP contribution in [0.25, 0.3) is 0 Å². The van der Waals surface area contributed by atoms with Crippen molar-refractivity contribution in [3.63, 3.8) is 0 Å². The normalized spacial score (nSPS) is 19.1. The van der Waals surface area contributed by atoms with Crippen LogP contribution < -0.4 is 5.32 Å². The highest BCUT2D eigenvalue weighted by Crippen LogP contribution is 2.23. The number of rotatable bonds is 10. The monoisotopic (exact) mass is 473 g/mol. The van der Waals surface area contributed by atoms with Gasteiger partial charge in [0.2, 0.25) is 0 Å². The maximum Gasteiger partial charge on any atom is 0.304 e. The average Bonchev–Trinajstić information content (AvgIpc) is 2.82. The lowest BCUT2D eigenvalue weighted by atomic mass is 9.96. The number of likely N-dealkylation sites (tertiary alicyclic amines) is 1. The summed E-state index contributed by atoms with van der Waals surface area (Å²) in [6.45, 7) is 4.56. The molecule has 0 spiro atoms. The molecule has 1 unspecified atom stereocenters. The first kappa shape index (κ1) is 25.5. The van der Waals surface area contributed by atoms with Crippen molar-refractivity contribution >= 4 is 24.2 Å². The van der Waals surface area contributed by atoms with Crippen molar-refractivity contribution in [2.75, 3.05) is 38.1 Å². The largest absolute Gasteiger partial charge is 0.481 e. The van der Waals surface area contributed by atoms with E-state index in [-0.39, 0.29) is 30.8 Å². The number of aliphatic carboxylic acids is 1. The number of piperidine rings is 1. The molecule has 2 aromatic rings. The Morgan fingerprint density at radius 2 is 2.06 bits per heavy atom. The molecule has 7 heteroatoms. The summed E-state index contributed by atoms with van der Waals surface area (Å²) >= 11 is 0. The maximum atomic E-state index is 11.3. The van der Waals surface area contributed by atoms with Crippen LogP contribution in [0, 0.1) is 0 Å². The summed E-state index contributed by atoms with van der Waals surface area (Å²) in [6, 6.07) is 14.3. The van der Waals surface area contributed by atoms with E-state index in [1.165, 1.54) is 17.7 Å². The molecule has 0 amide bonds. The first-order valence-corrected chi connectivity index (χ1v) is 12.0. The van der Waals surface area contributed by atoms with Gasteiger partial charge in [-0.2, -0.15) is 0 Å². The highest BCUT2D eigenvalue weighted by Gasteiger charge is 2.23. The number of pyridine rings is 1. The van der Waals surface area contributed by atoms with Gasteiger partial charge in [0.15, 0.2) is 0 Å². The first-order valence-electron chi connectivity index (χ1n) is 12.0. The Bertz CT molecular complexity index is 880. The minimum absolute atomic E-state index is 0. The number of aryl methyl sites for hydroxylation is 2. The number of halogens is 1. The number of hydrogen-bond acceptors (Lipinski definition) is 5. The molecule has 6 nitrogen and oxygen atoms in total. The van der Waals surface area contributed by atoms with E-state index in [2.05, 4.69) is 22.3 Å². The zero-order valence-corrected chi connectivity index (χ0v) is 20.1. The third-order valence-corrected chi connectivity index (χ3v) is 6.55. The van der Waals surface area contributed by atoms with E-state index < -0.39 is 5.97 Å². The summed E-state index contributed by atoms with van der Waals surface area (Å²) in [4.78, 5) is 18.6. The van der Waals surface area contributed by atoms with Crippen molar-refractivity contribution in [3.8, 4) is 0 Å². The number of aromatic nitrogens is 1. The van der Waals surface area contributed by atoms with Crippen molar-refractivity contribution < 1.29 is 14.6 Å². The Morgan fingerprint density at radius 3 is 2.88 bits per heavy atom. The van der Waals surface area contributed by atoms with E-state index in [1.807, 2.05) is 30.3 Å². The van der Waals surface area contributed by atoms with Crippen molar-refractivity contribution in [2.24, 2.45) is 0 Å². The summed E-state index contributed by atoms with van der Waals surface area (Å²) in [5.41, 5.74) is 3.55. The zero-order valence-electron chi connectivity index (χ0n) is 19.2. The van der Waals surface area contributed by atoms with Gasteiger partial charge in [0.1, 0.15) is 5.82 Å². The minimum Gasteiger partial charge on any atom is -0.481 e. The molecule has 0 aliphatic carbocycles. The third kappa shape index (κ3) is 7.70. The third-order valence-electron chi connectivity index (χ3n) is 6.55. The molecule has 1 aromatic heterocycles. The summed E-state index contributed by atoms with van der Waals surface area (Å²) in [5, 5.41) is 12.7. The van der Waals surface area contributed by atoms with Gasteiger partial charge in [0, 0.05) is 24.7 Å². The number of carboxylic acid groups (broad SMARTS) is 1. The van der Waals surface area contributed by atoms with Crippen LogP contribution >= 0.6 is 12.4 Å². The molecule has 0 saturated carbocycles. The second kappa shape index (κ2) is 12.9. The quantitative estimate of drug-likeness (QED) is 0.528. The number of hydrogen-bond donors (Lipinski definition) is 2. The molecule has 180 valence electrons. The topological polar surface area (TPSA) is 74.7 Å². The Kier molecular flexibility index (Phi) is 9.97. The zero-order chi connectivity index (χ0) is 22.2. The number of carboxylic acids is 1. The number of nitrogens with one attached hydrogen (secondary N) is 1. The molecule has 0 bridgehead atoms. The minimum atomic E-state index is -0.779. The summed E-state index contributed by atoms with van der Waals surface area (Å²) in [5.74, 6) is 0.195. The van der Waals surface area contributed by atoms with Crippen molar-refractivity contribution in [1.82, 2.24) is 9.88 Å². The molecule has 1 saturated heterocycles. The Labute approximate surface area is 203 Å². The predicted octanol–water partition coefficient (Wildman–Crippen LogP) is 4.53. The van der Waals surface area contributed by atoms with E-state index in [0.29, 0.717) is 6.61 Å². The SMILES string of the molecule is Cl.O=C(O)CC(CO[C@@H]1CCCN(CCCc2ccc3c(n2)NCCC3)C1)c1ccccc1. The summed E-state index contributed by atoms with van der Waals surface area (Å²) < 4.78 is 6.23. The lowest BCUT2D eigenvalue weighted by Crippen LogP contribution is -2.40. The number of ether oxygens (including phenoxy) is 1. The van der Waals surface area contributed by atoms with Gasteiger partial charge in [-0.15, -0.1) is 12.4 Å². The van der Waals surface area contributed by atoms with Gasteiger partial charge < -0.3 is 20.1 Å². The van der Waals surface area contributed by atoms with Gasteiger partial charge in [0.05, 0.1) is 19.1 Å². The fourth-order valence-corrected chi connectivity index (χ4v) is 4.81.